The Morgan fingerprint density at radius 1 is 0.960 bits per heavy atom. The van der Waals surface area contributed by atoms with Gasteiger partial charge in [0.25, 0.3) is 0 Å². The van der Waals surface area contributed by atoms with Gasteiger partial charge in [-0.3, -0.25) is 14.4 Å². The van der Waals surface area contributed by atoms with Crippen LogP contribution in [-0.2, 0) is 23.9 Å². The maximum atomic E-state index is 12.3. The van der Waals surface area contributed by atoms with Gasteiger partial charge in [-0.15, -0.1) is 0 Å². The lowest BCUT2D eigenvalue weighted by atomic mass is 9.95. The number of carbonyl (C=O) groups is 5. The molecule has 0 bridgehead atoms. The first-order valence-electron chi connectivity index (χ1n) is 6.75. The highest BCUT2D eigenvalue weighted by Crippen LogP contribution is 2.27. The van der Waals surface area contributed by atoms with Crippen molar-refractivity contribution in [3.63, 3.8) is 0 Å². The largest absolute Gasteiger partial charge is 0.481 e. The number of benzene rings is 1. The van der Waals surface area contributed by atoms with Crippen molar-refractivity contribution in [3.8, 4) is 5.75 Å². The number of hydrogen-bond acceptors (Lipinski definition) is 7. The molecule has 25 heavy (non-hydrogen) atoms. The molecule has 10 nitrogen and oxygen atoms in total. The molecule has 0 unspecified atom stereocenters. The third-order valence-corrected chi connectivity index (χ3v) is 2.91. The molecule has 10 heteroatoms. The molecule has 0 aliphatic rings. The van der Waals surface area contributed by atoms with Crippen molar-refractivity contribution < 1.29 is 48.8 Å². The van der Waals surface area contributed by atoms with Gasteiger partial charge >= 0.3 is 29.8 Å². The predicted molar refractivity (Wildman–Crippen MR) is 78.0 cm³/mol. The lowest BCUT2D eigenvalue weighted by molar-refractivity contribution is -0.171. The van der Waals surface area contributed by atoms with E-state index in [4.69, 9.17) is 19.7 Å². The molecule has 0 aliphatic carbocycles. The zero-order valence-corrected chi connectivity index (χ0v) is 12.9. The maximum absolute atomic E-state index is 12.3. The zero-order valence-electron chi connectivity index (χ0n) is 12.9. The maximum Gasteiger partial charge on any atom is 0.349 e. The summed E-state index contributed by atoms with van der Waals surface area (Å²) >= 11 is 0. The van der Waals surface area contributed by atoms with E-state index in [1.54, 1.807) is 0 Å². The lowest BCUT2D eigenvalue weighted by Gasteiger charge is -2.26. The van der Waals surface area contributed by atoms with Crippen LogP contribution in [0.3, 0.4) is 0 Å². The Morgan fingerprint density at radius 2 is 1.48 bits per heavy atom. The normalized spacial score (nSPS) is 10.6. The van der Waals surface area contributed by atoms with Crippen molar-refractivity contribution in [3.05, 3.63) is 29.8 Å². The number of ether oxygens (including phenoxy) is 2. The van der Waals surface area contributed by atoms with Crippen molar-refractivity contribution in [1.82, 2.24) is 0 Å². The highest BCUT2D eigenvalue weighted by atomic mass is 16.6. The number of esters is 2. The third-order valence-electron chi connectivity index (χ3n) is 2.91. The van der Waals surface area contributed by atoms with Crippen molar-refractivity contribution >= 4 is 29.8 Å². The predicted octanol–water partition coefficient (Wildman–Crippen LogP) is 0.542. The lowest BCUT2D eigenvalue weighted by Crippen LogP contribution is -2.47. The van der Waals surface area contributed by atoms with Crippen molar-refractivity contribution in [2.75, 3.05) is 0 Å². The summed E-state index contributed by atoms with van der Waals surface area (Å²) < 4.78 is 9.52. The summed E-state index contributed by atoms with van der Waals surface area (Å²) in [5, 5.41) is 26.9. The van der Waals surface area contributed by atoms with E-state index in [9.17, 15) is 29.1 Å². The van der Waals surface area contributed by atoms with E-state index < -0.39 is 48.3 Å². The molecular formula is C15H14O10. The first-order chi connectivity index (χ1) is 11.6. The van der Waals surface area contributed by atoms with Gasteiger partial charge in [0.15, 0.2) is 0 Å². The molecule has 0 saturated carbocycles. The van der Waals surface area contributed by atoms with Gasteiger partial charge in [0.05, 0.1) is 12.8 Å². The van der Waals surface area contributed by atoms with E-state index >= 15 is 0 Å². The van der Waals surface area contributed by atoms with Crippen molar-refractivity contribution in [2.45, 2.75) is 25.4 Å². The van der Waals surface area contributed by atoms with Crippen LogP contribution >= 0.6 is 0 Å². The first kappa shape index (κ1) is 19.6. The Labute approximate surface area is 140 Å². The summed E-state index contributed by atoms with van der Waals surface area (Å²) in [6, 6.07) is 5.16. The van der Waals surface area contributed by atoms with Crippen LogP contribution in [0.1, 0.15) is 30.1 Å². The van der Waals surface area contributed by atoms with Crippen molar-refractivity contribution in [2.24, 2.45) is 0 Å². The first-order valence-corrected chi connectivity index (χ1v) is 6.75. The molecule has 1 aromatic rings. The molecule has 0 amide bonds. The van der Waals surface area contributed by atoms with Crippen molar-refractivity contribution in [1.29, 1.82) is 0 Å². The van der Waals surface area contributed by atoms with Gasteiger partial charge in [-0.1, -0.05) is 12.1 Å². The second kappa shape index (κ2) is 7.90. The standard InChI is InChI=1S/C15H14O10/c1-8(16)24-10-5-3-2-4-9(10)13(21)25-15(14(22)23,6-11(17)18)7-12(19)20/h2-5H,6-7H2,1H3,(H,17,18)(H,19,20)(H,22,23). The molecule has 0 heterocycles. The van der Waals surface area contributed by atoms with Crippen LogP contribution in [0.4, 0.5) is 0 Å². The Morgan fingerprint density at radius 3 is 1.92 bits per heavy atom. The van der Waals surface area contributed by atoms with Crippen LogP contribution in [0, 0.1) is 0 Å². The van der Waals surface area contributed by atoms with Crippen LogP contribution < -0.4 is 4.74 Å². The molecule has 3 N–H and O–H groups in total. The van der Waals surface area contributed by atoms with Crippen LogP contribution in [0.15, 0.2) is 24.3 Å². The minimum Gasteiger partial charge on any atom is -0.481 e. The van der Waals surface area contributed by atoms with Gasteiger partial charge in [-0.2, -0.15) is 0 Å². The number of aliphatic carboxylic acids is 3. The summed E-state index contributed by atoms with van der Waals surface area (Å²) in [6.45, 7) is 1.07. The van der Waals surface area contributed by atoms with Gasteiger partial charge in [0, 0.05) is 6.92 Å². The average Bonchev–Trinajstić information content (AvgIpc) is 2.45. The summed E-state index contributed by atoms with van der Waals surface area (Å²) in [5.41, 5.74) is -3.18. The van der Waals surface area contributed by atoms with Crippen LogP contribution in [0.25, 0.3) is 0 Å². The van der Waals surface area contributed by atoms with E-state index in [1.807, 2.05) is 0 Å². The minimum atomic E-state index is -2.82. The summed E-state index contributed by atoms with van der Waals surface area (Å²) in [4.78, 5) is 56.6. The van der Waals surface area contributed by atoms with Crippen LogP contribution in [0.2, 0.25) is 0 Å². The monoisotopic (exact) mass is 354 g/mol. The molecule has 0 fully saturated rings. The van der Waals surface area contributed by atoms with Crippen LogP contribution in [0.5, 0.6) is 5.75 Å². The Bertz CT molecular complexity index is 705. The van der Waals surface area contributed by atoms with Gasteiger partial charge in [0.2, 0.25) is 5.60 Å². The van der Waals surface area contributed by atoms with E-state index in [1.165, 1.54) is 18.2 Å². The smallest absolute Gasteiger partial charge is 0.349 e. The summed E-state index contributed by atoms with van der Waals surface area (Å²) in [7, 11) is 0. The number of carbonyl (C=O) groups excluding carboxylic acids is 2. The number of hydrogen-bond donors (Lipinski definition) is 3. The molecule has 1 aromatic carbocycles. The topological polar surface area (TPSA) is 165 Å². The fourth-order valence-electron chi connectivity index (χ4n) is 1.93. The Kier molecular flexibility index (Phi) is 6.20. The molecular weight excluding hydrogens is 340 g/mol. The molecule has 1 rings (SSSR count). The second-order valence-electron chi connectivity index (χ2n) is 4.92. The highest BCUT2D eigenvalue weighted by Gasteiger charge is 2.47. The summed E-state index contributed by atoms with van der Waals surface area (Å²) in [5.74, 6) is -7.64. The molecule has 0 aliphatic heterocycles. The molecule has 0 aromatic heterocycles. The van der Waals surface area contributed by atoms with E-state index in [0.717, 1.165) is 13.0 Å². The average molecular weight is 354 g/mol. The van der Waals surface area contributed by atoms with Crippen LogP contribution in [-0.4, -0.2) is 50.8 Å². The minimum absolute atomic E-state index is 0.245. The highest BCUT2D eigenvalue weighted by molar-refractivity contribution is 5.97. The van der Waals surface area contributed by atoms with Gasteiger partial charge in [0.1, 0.15) is 11.3 Å². The Hall–Kier alpha value is -3.43. The molecule has 134 valence electrons. The molecule has 0 atom stereocenters. The SMILES string of the molecule is CC(=O)Oc1ccccc1C(=O)OC(CC(=O)O)(CC(=O)O)C(=O)O. The number of carboxylic acids is 3. The fourth-order valence-corrected chi connectivity index (χ4v) is 1.93. The quantitative estimate of drug-likeness (QED) is 0.443. The summed E-state index contributed by atoms with van der Waals surface area (Å²) in [6.07, 6.45) is -2.54. The zero-order chi connectivity index (χ0) is 19.2. The van der Waals surface area contributed by atoms with E-state index in [2.05, 4.69) is 0 Å². The number of rotatable bonds is 8. The third kappa shape index (κ3) is 5.30. The molecule has 0 radical (unpaired) electrons. The van der Waals surface area contributed by atoms with Gasteiger partial charge in [-0.25, -0.2) is 9.59 Å². The molecule has 0 spiro atoms. The number of carboxylic acid groups (broad SMARTS) is 3. The molecule has 0 saturated heterocycles. The number of para-hydroxylation sites is 1. The second-order valence-corrected chi connectivity index (χ2v) is 4.92. The fraction of sp³-hybridized carbons (Fsp3) is 0.267. The van der Waals surface area contributed by atoms with E-state index in [-0.39, 0.29) is 11.3 Å². The van der Waals surface area contributed by atoms with Gasteiger partial charge < -0.3 is 24.8 Å². The Balaban J connectivity index is 3.26. The van der Waals surface area contributed by atoms with Gasteiger partial charge in [-0.05, 0) is 12.1 Å². The van der Waals surface area contributed by atoms with E-state index in [0.29, 0.717) is 0 Å².